The zero-order valence-electron chi connectivity index (χ0n) is 15.3. The summed E-state index contributed by atoms with van der Waals surface area (Å²) in [6.07, 6.45) is -1.01. The fourth-order valence-corrected chi connectivity index (χ4v) is 3.31. The summed E-state index contributed by atoms with van der Waals surface area (Å²) in [5.74, 6) is -4.12. The summed E-state index contributed by atoms with van der Waals surface area (Å²) in [4.78, 5) is 48.5. The molecule has 1 saturated carbocycles. The normalized spacial score (nSPS) is 29.0. The summed E-state index contributed by atoms with van der Waals surface area (Å²) in [6.45, 7) is 7.57. The van der Waals surface area contributed by atoms with Crippen molar-refractivity contribution < 1.29 is 34.1 Å². The van der Waals surface area contributed by atoms with E-state index in [4.69, 9.17) is 4.74 Å². The van der Waals surface area contributed by atoms with Crippen molar-refractivity contribution in [2.45, 2.75) is 58.7 Å². The minimum absolute atomic E-state index is 0.222. The van der Waals surface area contributed by atoms with Crippen molar-refractivity contribution in [3.05, 3.63) is 0 Å². The van der Waals surface area contributed by atoms with E-state index in [1.54, 1.807) is 20.8 Å². The predicted octanol–water partition coefficient (Wildman–Crippen LogP) is 0.922. The van der Waals surface area contributed by atoms with Crippen LogP contribution in [0, 0.1) is 11.3 Å². The van der Waals surface area contributed by atoms with Crippen LogP contribution in [0.2, 0.25) is 0 Å². The van der Waals surface area contributed by atoms with Crippen molar-refractivity contribution in [1.82, 2.24) is 10.2 Å². The van der Waals surface area contributed by atoms with Gasteiger partial charge < -0.3 is 25.2 Å². The van der Waals surface area contributed by atoms with Crippen LogP contribution in [0.25, 0.3) is 0 Å². The highest BCUT2D eigenvalue weighted by Crippen LogP contribution is 2.45. The third-order valence-corrected chi connectivity index (χ3v) is 4.34. The Hall–Kier alpha value is -2.32. The number of nitrogens with one attached hydrogen (secondary N) is 1. The third-order valence-electron chi connectivity index (χ3n) is 4.34. The summed E-state index contributed by atoms with van der Waals surface area (Å²) in [5, 5.41) is 21.6. The Morgan fingerprint density at radius 2 is 1.72 bits per heavy atom. The number of rotatable bonds is 4. The number of carboxylic acids is 2. The molecular weight excluding hydrogens is 332 g/mol. The topological polar surface area (TPSA) is 133 Å². The maximum atomic E-state index is 12.4. The van der Waals surface area contributed by atoms with E-state index in [2.05, 4.69) is 5.32 Å². The van der Waals surface area contributed by atoms with E-state index in [0.29, 0.717) is 0 Å². The van der Waals surface area contributed by atoms with Gasteiger partial charge in [-0.25, -0.2) is 4.79 Å². The van der Waals surface area contributed by atoms with E-state index < -0.39 is 53.0 Å². The molecule has 0 saturated heterocycles. The molecule has 9 nitrogen and oxygen atoms in total. The van der Waals surface area contributed by atoms with E-state index in [1.165, 1.54) is 20.9 Å². The molecule has 142 valence electrons. The number of carboxylic acid groups (broad SMARTS) is 2. The zero-order valence-corrected chi connectivity index (χ0v) is 15.3. The molecule has 2 amide bonds. The SMILES string of the molecule is CC(=O)N[C@@H]1[C@H](C(=O)O)C[C@](C)(C(=O)O)[C@@H]1N(C)C(=O)OC(C)(C)C. The summed E-state index contributed by atoms with van der Waals surface area (Å²) < 4.78 is 5.27. The molecule has 0 aromatic carbocycles. The van der Waals surface area contributed by atoms with E-state index >= 15 is 0 Å². The number of aliphatic carboxylic acids is 2. The molecule has 0 heterocycles. The lowest BCUT2D eigenvalue weighted by Gasteiger charge is -2.38. The predicted molar refractivity (Wildman–Crippen MR) is 86.9 cm³/mol. The van der Waals surface area contributed by atoms with Gasteiger partial charge in [-0.2, -0.15) is 0 Å². The molecule has 0 aromatic heterocycles. The summed E-state index contributed by atoms with van der Waals surface area (Å²) in [6, 6.07) is -2.13. The number of carbonyl (C=O) groups excluding carboxylic acids is 2. The van der Waals surface area contributed by atoms with Gasteiger partial charge in [0, 0.05) is 14.0 Å². The molecule has 4 atom stereocenters. The molecular formula is C16H26N2O7. The van der Waals surface area contributed by atoms with Crippen molar-refractivity contribution in [3.8, 4) is 0 Å². The first-order chi connectivity index (χ1) is 11.2. The second-order valence-electron chi connectivity index (χ2n) is 7.63. The van der Waals surface area contributed by atoms with Crippen LogP contribution >= 0.6 is 0 Å². The quantitative estimate of drug-likeness (QED) is 0.680. The van der Waals surface area contributed by atoms with Gasteiger partial charge >= 0.3 is 18.0 Å². The molecule has 3 N–H and O–H groups in total. The Labute approximate surface area is 146 Å². The largest absolute Gasteiger partial charge is 0.481 e. The van der Waals surface area contributed by atoms with Crippen LogP contribution in [0.15, 0.2) is 0 Å². The fraction of sp³-hybridized carbons (Fsp3) is 0.750. The zero-order chi connectivity index (χ0) is 19.7. The summed E-state index contributed by atoms with van der Waals surface area (Å²) in [7, 11) is 1.35. The molecule has 1 fully saturated rings. The number of hydrogen-bond acceptors (Lipinski definition) is 5. The maximum Gasteiger partial charge on any atom is 0.410 e. The Morgan fingerprint density at radius 3 is 2.08 bits per heavy atom. The van der Waals surface area contributed by atoms with E-state index in [1.807, 2.05) is 0 Å². The number of ether oxygens (including phenoxy) is 1. The fourth-order valence-electron chi connectivity index (χ4n) is 3.31. The van der Waals surface area contributed by atoms with E-state index in [0.717, 1.165) is 4.90 Å². The lowest BCUT2D eigenvalue weighted by molar-refractivity contribution is -0.151. The first kappa shape index (κ1) is 20.7. The smallest absolute Gasteiger partial charge is 0.410 e. The molecule has 0 aliphatic heterocycles. The minimum atomic E-state index is -1.55. The molecule has 0 aromatic rings. The first-order valence-corrected chi connectivity index (χ1v) is 7.90. The van der Waals surface area contributed by atoms with Crippen LogP contribution < -0.4 is 5.32 Å². The van der Waals surface area contributed by atoms with Gasteiger partial charge in [0.05, 0.1) is 23.4 Å². The highest BCUT2D eigenvalue weighted by molar-refractivity contribution is 5.83. The maximum absolute atomic E-state index is 12.4. The van der Waals surface area contributed by atoms with Crippen molar-refractivity contribution in [1.29, 1.82) is 0 Å². The molecule has 1 aliphatic carbocycles. The lowest BCUT2D eigenvalue weighted by Crippen LogP contribution is -2.58. The Kier molecular flexibility index (Phi) is 5.71. The molecule has 25 heavy (non-hydrogen) atoms. The third kappa shape index (κ3) is 4.40. The van der Waals surface area contributed by atoms with Gasteiger partial charge in [-0.15, -0.1) is 0 Å². The van der Waals surface area contributed by atoms with Crippen molar-refractivity contribution in [2.75, 3.05) is 7.05 Å². The molecule has 0 radical (unpaired) electrons. The van der Waals surface area contributed by atoms with Crippen molar-refractivity contribution in [2.24, 2.45) is 11.3 Å². The van der Waals surface area contributed by atoms with Gasteiger partial charge in [0.2, 0.25) is 5.91 Å². The molecule has 0 spiro atoms. The second kappa shape index (κ2) is 6.89. The monoisotopic (exact) mass is 358 g/mol. The van der Waals surface area contributed by atoms with Crippen molar-refractivity contribution in [3.63, 3.8) is 0 Å². The van der Waals surface area contributed by atoms with Gasteiger partial charge in [-0.05, 0) is 34.1 Å². The van der Waals surface area contributed by atoms with Crippen LogP contribution in [-0.2, 0) is 19.1 Å². The van der Waals surface area contributed by atoms with Crippen molar-refractivity contribution >= 4 is 23.9 Å². The standard InChI is InChI=1S/C16H26N2O7/c1-8(19)17-10-9(12(20)21)7-16(5,13(22)23)11(10)18(6)14(24)25-15(2,3)4/h9-11H,7H2,1-6H3,(H,17,19)(H,20,21)(H,22,23)/t9-,10-,11-,16+/m1/s1. The first-order valence-electron chi connectivity index (χ1n) is 7.90. The Balaban J connectivity index is 3.33. The van der Waals surface area contributed by atoms with Crippen LogP contribution in [0.1, 0.15) is 41.0 Å². The molecule has 0 bridgehead atoms. The summed E-state index contributed by atoms with van der Waals surface area (Å²) >= 11 is 0. The Morgan fingerprint density at radius 1 is 1.20 bits per heavy atom. The van der Waals surface area contributed by atoms with Gasteiger partial charge in [0.15, 0.2) is 0 Å². The lowest BCUT2D eigenvalue weighted by atomic mass is 9.83. The van der Waals surface area contributed by atoms with Crippen LogP contribution in [-0.4, -0.2) is 63.8 Å². The average Bonchev–Trinajstić information content (AvgIpc) is 2.70. The van der Waals surface area contributed by atoms with E-state index in [9.17, 15) is 29.4 Å². The van der Waals surface area contributed by atoms with Gasteiger partial charge in [0.25, 0.3) is 0 Å². The van der Waals surface area contributed by atoms with Gasteiger partial charge in [-0.1, -0.05) is 0 Å². The second-order valence-corrected chi connectivity index (χ2v) is 7.63. The molecule has 1 aliphatic rings. The van der Waals surface area contributed by atoms with Gasteiger partial charge in [-0.3, -0.25) is 14.4 Å². The number of likely N-dealkylation sites (N-methyl/N-ethyl adjacent to an activating group) is 1. The number of carbonyl (C=O) groups is 4. The number of nitrogens with zero attached hydrogens (tertiary/aromatic N) is 1. The summed E-state index contributed by atoms with van der Waals surface area (Å²) in [5.41, 5.74) is -2.36. The highest BCUT2D eigenvalue weighted by atomic mass is 16.6. The molecule has 0 unspecified atom stereocenters. The van der Waals surface area contributed by atoms with Crippen LogP contribution in [0.3, 0.4) is 0 Å². The van der Waals surface area contributed by atoms with Crippen LogP contribution in [0.5, 0.6) is 0 Å². The molecule has 1 rings (SSSR count). The molecule has 9 heteroatoms. The van der Waals surface area contributed by atoms with E-state index in [-0.39, 0.29) is 6.42 Å². The number of hydrogen-bond donors (Lipinski definition) is 3. The highest BCUT2D eigenvalue weighted by Gasteiger charge is 2.60. The Bertz CT molecular complexity index is 584. The minimum Gasteiger partial charge on any atom is -0.481 e. The van der Waals surface area contributed by atoms with Gasteiger partial charge in [0.1, 0.15) is 5.60 Å². The average molecular weight is 358 g/mol. The number of amides is 2. The van der Waals surface area contributed by atoms with Crippen LogP contribution in [0.4, 0.5) is 4.79 Å².